The Balaban J connectivity index is 1.72. The van der Waals surface area contributed by atoms with Crippen LogP contribution >= 0.6 is 0 Å². The fraction of sp³-hybridized carbons (Fsp3) is 0.625. The molecular formula is C24H32N2O. The SMILES string of the molecule is CC1(C)[C@H]2CC[C@]1(C)c1c2c(=O)n(-c2ccccc2)n1CC1CCCCC1. The van der Waals surface area contributed by atoms with E-state index in [-0.39, 0.29) is 16.4 Å². The van der Waals surface area contributed by atoms with Gasteiger partial charge in [-0.25, -0.2) is 4.68 Å². The lowest BCUT2D eigenvalue weighted by molar-refractivity contribution is 0.207. The summed E-state index contributed by atoms with van der Waals surface area (Å²) in [5.74, 6) is 1.11. The van der Waals surface area contributed by atoms with Crippen LogP contribution in [0.1, 0.15) is 82.9 Å². The average Bonchev–Trinajstić information content (AvgIpc) is 3.15. The minimum Gasteiger partial charge on any atom is -0.281 e. The number of fused-ring (bicyclic) bond motifs is 5. The molecule has 0 aliphatic heterocycles. The molecule has 0 unspecified atom stereocenters. The maximum Gasteiger partial charge on any atom is 0.275 e. The fourth-order valence-corrected chi connectivity index (χ4v) is 6.50. The summed E-state index contributed by atoms with van der Waals surface area (Å²) in [6.07, 6.45) is 9.04. The third-order valence-corrected chi connectivity index (χ3v) is 8.43. The van der Waals surface area contributed by atoms with Gasteiger partial charge in [0, 0.05) is 17.5 Å². The maximum atomic E-state index is 13.7. The average molecular weight is 365 g/mol. The van der Waals surface area contributed by atoms with Crippen molar-refractivity contribution in [3.05, 3.63) is 51.9 Å². The van der Waals surface area contributed by atoms with Crippen LogP contribution in [0.3, 0.4) is 0 Å². The van der Waals surface area contributed by atoms with E-state index in [2.05, 4.69) is 37.6 Å². The number of nitrogens with zero attached hydrogens (tertiary/aromatic N) is 2. The normalized spacial score (nSPS) is 29.2. The van der Waals surface area contributed by atoms with Crippen molar-refractivity contribution >= 4 is 0 Å². The van der Waals surface area contributed by atoms with Gasteiger partial charge in [0.2, 0.25) is 0 Å². The first-order chi connectivity index (χ1) is 12.9. The molecule has 3 nitrogen and oxygen atoms in total. The summed E-state index contributed by atoms with van der Waals surface area (Å²) in [6, 6.07) is 10.3. The van der Waals surface area contributed by atoms with Crippen LogP contribution in [0.2, 0.25) is 0 Å². The molecule has 144 valence electrons. The largest absolute Gasteiger partial charge is 0.281 e. The minimum atomic E-state index is 0.112. The highest BCUT2D eigenvalue weighted by Crippen LogP contribution is 2.67. The number of benzene rings is 1. The molecule has 1 heterocycles. The minimum absolute atomic E-state index is 0.112. The van der Waals surface area contributed by atoms with Crippen LogP contribution in [0.25, 0.3) is 5.69 Å². The second-order valence-corrected chi connectivity index (χ2v) is 9.95. The van der Waals surface area contributed by atoms with Crippen molar-refractivity contribution in [3.8, 4) is 5.69 Å². The Kier molecular flexibility index (Phi) is 3.76. The maximum absolute atomic E-state index is 13.7. The van der Waals surface area contributed by atoms with Gasteiger partial charge < -0.3 is 0 Å². The Morgan fingerprint density at radius 3 is 2.41 bits per heavy atom. The zero-order valence-corrected chi connectivity index (χ0v) is 17.0. The van der Waals surface area contributed by atoms with Gasteiger partial charge in [0.05, 0.1) is 11.4 Å². The van der Waals surface area contributed by atoms with Gasteiger partial charge in [0.15, 0.2) is 0 Å². The van der Waals surface area contributed by atoms with Gasteiger partial charge in [-0.1, -0.05) is 58.2 Å². The fourth-order valence-electron chi connectivity index (χ4n) is 6.50. The topological polar surface area (TPSA) is 26.9 Å². The van der Waals surface area contributed by atoms with Gasteiger partial charge in [0.1, 0.15) is 0 Å². The number of hydrogen-bond acceptors (Lipinski definition) is 1. The predicted octanol–water partition coefficient (Wildman–Crippen LogP) is 5.39. The van der Waals surface area contributed by atoms with E-state index < -0.39 is 0 Å². The van der Waals surface area contributed by atoms with E-state index in [0.29, 0.717) is 11.8 Å². The molecule has 0 spiro atoms. The van der Waals surface area contributed by atoms with E-state index in [4.69, 9.17) is 0 Å². The second kappa shape index (κ2) is 5.86. The summed E-state index contributed by atoms with van der Waals surface area (Å²) in [7, 11) is 0. The molecule has 2 fully saturated rings. The first kappa shape index (κ1) is 17.3. The van der Waals surface area contributed by atoms with E-state index in [1.54, 1.807) is 0 Å². The van der Waals surface area contributed by atoms with Gasteiger partial charge in [-0.3, -0.25) is 9.48 Å². The molecule has 0 radical (unpaired) electrons. The highest BCUT2D eigenvalue weighted by Gasteiger charge is 2.62. The first-order valence-electron chi connectivity index (χ1n) is 10.9. The van der Waals surface area contributed by atoms with Gasteiger partial charge in [0.25, 0.3) is 5.56 Å². The lowest BCUT2D eigenvalue weighted by Gasteiger charge is -2.37. The molecule has 3 aliphatic carbocycles. The van der Waals surface area contributed by atoms with E-state index in [1.165, 1.54) is 44.2 Å². The monoisotopic (exact) mass is 364 g/mol. The Hall–Kier alpha value is -1.77. The number of hydrogen-bond donors (Lipinski definition) is 0. The van der Waals surface area contributed by atoms with E-state index in [9.17, 15) is 4.79 Å². The van der Waals surface area contributed by atoms with Crippen LogP contribution in [0.5, 0.6) is 0 Å². The van der Waals surface area contributed by atoms with Crippen LogP contribution in [0.4, 0.5) is 0 Å². The van der Waals surface area contributed by atoms with Crippen molar-refractivity contribution in [2.75, 3.05) is 0 Å². The number of aromatic nitrogens is 2. The van der Waals surface area contributed by atoms with Crippen LogP contribution in [0.15, 0.2) is 35.1 Å². The van der Waals surface area contributed by atoms with Crippen molar-refractivity contribution in [1.29, 1.82) is 0 Å². The lowest BCUT2D eigenvalue weighted by Crippen LogP contribution is -2.37. The standard InChI is InChI=1S/C24H32N2O/c1-23(2)19-14-15-24(23,3)21-20(19)22(27)26(18-12-8-5-9-13-18)25(21)16-17-10-6-4-7-11-17/h5,8-9,12-13,17,19H,4,6-7,10-11,14-16H2,1-3H3/t19-,24+/m0/s1. The highest BCUT2D eigenvalue weighted by molar-refractivity contribution is 5.47. The van der Waals surface area contributed by atoms with Gasteiger partial charge >= 0.3 is 0 Å². The Morgan fingerprint density at radius 1 is 1.00 bits per heavy atom. The Morgan fingerprint density at radius 2 is 1.70 bits per heavy atom. The predicted molar refractivity (Wildman–Crippen MR) is 110 cm³/mol. The molecule has 3 aliphatic rings. The molecule has 5 rings (SSSR count). The number of rotatable bonds is 3. The molecule has 3 heteroatoms. The smallest absolute Gasteiger partial charge is 0.275 e. The quantitative estimate of drug-likeness (QED) is 0.717. The molecule has 0 N–H and O–H groups in total. The Bertz CT molecular complexity index is 914. The molecule has 0 saturated heterocycles. The summed E-state index contributed by atoms with van der Waals surface area (Å²) >= 11 is 0. The molecule has 2 bridgehead atoms. The summed E-state index contributed by atoms with van der Waals surface area (Å²) < 4.78 is 4.44. The molecule has 1 aromatic heterocycles. The van der Waals surface area contributed by atoms with Gasteiger partial charge in [-0.05, 0) is 55.1 Å². The van der Waals surface area contributed by atoms with Crippen LogP contribution in [-0.2, 0) is 12.0 Å². The van der Waals surface area contributed by atoms with E-state index in [0.717, 1.165) is 24.2 Å². The van der Waals surface area contributed by atoms with Crippen molar-refractivity contribution in [1.82, 2.24) is 9.36 Å². The van der Waals surface area contributed by atoms with Crippen LogP contribution < -0.4 is 5.56 Å². The first-order valence-corrected chi connectivity index (χ1v) is 10.9. The number of para-hydroxylation sites is 1. The van der Waals surface area contributed by atoms with E-state index in [1.807, 2.05) is 22.9 Å². The summed E-state index contributed by atoms with van der Waals surface area (Å²) in [5.41, 5.74) is 4.06. The van der Waals surface area contributed by atoms with Gasteiger partial charge in [-0.15, -0.1) is 0 Å². The highest BCUT2D eigenvalue weighted by atomic mass is 16.1. The van der Waals surface area contributed by atoms with Gasteiger partial charge in [-0.2, -0.15) is 0 Å². The summed E-state index contributed by atoms with van der Waals surface area (Å²) in [6.45, 7) is 8.20. The molecule has 2 atom stereocenters. The molecule has 1 aromatic carbocycles. The third-order valence-electron chi connectivity index (χ3n) is 8.43. The zero-order chi connectivity index (χ0) is 18.8. The van der Waals surface area contributed by atoms with Crippen LogP contribution in [-0.4, -0.2) is 9.36 Å². The third kappa shape index (κ3) is 2.23. The Labute approximate surface area is 162 Å². The zero-order valence-electron chi connectivity index (χ0n) is 17.0. The summed E-state index contributed by atoms with van der Waals surface area (Å²) in [4.78, 5) is 13.7. The molecule has 2 aromatic rings. The summed E-state index contributed by atoms with van der Waals surface area (Å²) in [5, 5.41) is 0. The lowest BCUT2D eigenvalue weighted by atomic mass is 9.70. The molecule has 0 amide bonds. The van der Waals surface area contributed by atoms with Crippen molar-refractivity contribution < 1.29 is 0 Å². The molecular weight excluding hydrogens is 332 g/mol. The molecule has 2 saturated carbocycles. The van der Waals surface area contributed by atoms with Crippen molar-refractivity contribution in [2.45, 2.75) is 83.6 Å². The van der Waals surface area contributed by atoms with Crippen molar-refractivity contribution in [2.24, 2.45) is 11.3 Å². The van der Waals surface area contributed by atoms with Crippen molar-refractivity contribution in [3.63, 3.8) is 0 Å². The van der Waals surface area contributed by atoms with Crippen LogP contribution in [0, 0.1) is 11.3 Å². The molecule has 27 heavy (non-hydrogen) atoms. The van der Waals surface area contributed by atoms with E-state index >= 15 is 0 Å². The second-order valence-electron chi connectivity index (χ2n) is 9.95.